The third-order valence-electron chi connectivity index (χ3n) is 3.08. The van der Waals surface area contributed by atoms with E-state index in [4.69, 9.17) is 0 Å². The molecular weight excluding hydrogens is 262 g/mol. The Hall–Kier alpha value is -2.33. The van der Waals surface area contributed by atoms with Gasteiger partial charge in [0.2, 0.25) is 0 Å². The number of hydrogen-bond donors (Lipinski definition) is 2. The normalized spacial score (nSPS) is 10.4. The molecule has 4 heteroatoms. The van der Waals surface area contributed by atoms with Gasteiger partial charge in [-0.3, -0.25) is 0 Å². The van der Waals surface area contributed by atoms with Crippen molar-refractivity contribution in [1.82, 2.24) is 10.2 Å². The van der Waals surface area contributed by atoms with Crippen LogP contribution in [0.3, 0.4) is 0 Å². The zero-order valence-corrected chi connectivity index (χ0v) is 12.5. The Bertz CT molecular complexity index is 582. The molecule has 0 spiro atoms. The van der Waals surface area contributed by atoms with Crippen LogP contribution in [0.25, 0.3) is 0 Å². The van der Waals surface area contributed by atoms with Crippen LogP contribution in [0.4, 0.5) is 10.5 Å². The van der Waals surface area contributed by atoms with Gasteiger partial charge in [-0.05, 0) is 37.4 Å². The third-order valence-corrected chi connectivity index (χ3v) is 3.08. The number of benzene rings is 2. The van der Waals surface area contributed by atoms with Gasteiger partial charge < -0.3 is 15.5 Å². The molecule has 0 bridgehead atoms. The van der Waals surface area contributed by atoms with Gasteiger partial charge in [-0.1, -0.05) is 42.5 Å². The quantitative estimate of drug-likeness (QED) is 0.885. The maximum absolute atomic E-state index is 11.9. The van der Waals surface area contributed by atoms with E-state index >= 15 is 0 Å². The Balaban J connectivity index is 1.92. The molecule has 4 nitrogen and oxygen atoms in total. The highest BCUT2D eigenvalue weighted by Crippen LogP contribution is 2.10. The summed E-state index contributed by atoms with van der Waals surface area (Å²) in [5, 5.41) is 5.70. The first-order chi connectivity index (χ1) is 10.1. The number of carbonyl (C=O) groups excluding carboxylic acids is 1. The topological polar surface area (TPSA) is 44.4 Å². The van der Waals surface area contributed by atoms with E-state index in [0.29, 0.717) is 6.54 Å². The SMILES string of the molecule is CN(C)Cc1ccccc1CNC(=O)Nc1ccccc1. The fourth-order valence-corrected chi connectivity index (χ4v) is 2.10. The predicted octanol–water partition coefficient (Wildman–Crippen LogP) is 3.07. The van der Waals surface area contributed by atoms with Crippen molar-refractivity contribution in [1.29, 1.82) is 0 Å². The molecule has 0 atom stereocenters. The third kappa shape index (κ3) is 4.93. The van der Waals surface area contributed by atoms with Crippen molar-refractivity contribution in [3.05, 3.63) is 65.7 Å². The summed E-state index contributed by atoms with van der Waals surface area (Å²) in [5.41, 5.74) is 3.15. The fourth-order valence-electron chi connectivity index (χ4n) is 2.10. The molecule has 0 aromatic heterocycles. The summed E-state index contributed by atoms with van der Waals surface area (Å²) < 4.78 is 0. The maximum atomic E-state index is 11.9. The Labute approximate surface area is 125 Å². The molecule has 0 unspecified atom stereocenters. The molecule has 0 aliphatic carbocycles. The Morgan fingerprint density at radius 3 is 2.24 bits per heavy atom. The lowest BCUT2D eigenvalue weighted by atomic mass is 10.1. The lowest BCUT2D eigenvalue weighted by molar-refractivity contribution is 0.251. The number of rotatable bonds is 5. The van der Waals surface area contributed by atoms with Crippen molar-refractivity contribution >= 4 is 11.7 Å². The van der Waals surface area contributed by atoms with E-state index in [2.05, 4.69) is 21.6 Å². The molecule has 0 aliphatic heterocycles. The van der Waals surface area contributed by atoms with E-state index in [0.717, 1.165) is 17.8 Å². The average molecular weight is 283 g/mol. The van der Waals surface area contributed by atoms with Crippen molar-refractivity contribution in [2.24, 2.45) is 0 Å². The van der Waals surface area contributed by atoms with Crippen molar-refractivity contribution in [3.8, 4) is 0 Å². The van der Waals surface area contributed by atoms with Crippen molar-refractivity contribution in [2.45, 2.75) is 13.1 Å². The molecule has 0 saturated heterocycles. The number of hydrogen-bond acceptors (Lipinski definition) is 2. The summed E-state index contributed by atoms with van der Waals surface area (Å²) in [6, 6.07) is 17.4. The minimum atomic E-state index is -0.194. The highest BCUT2D eigenvalue weighted by Gasteiger charge is 2.05. The second-order valence-electron chi connectivity index (χ2n) is 5.18. The van der Waals surface area contributed by atoms with Crippen molar-refractivity contribution in [2.75, 3.05) is 19.4 Å². The molecule has 0 fully saturated rings. The monoisotopic (exact) mass is 283 g/mol. The lowest BCUT2D eigenvalue weighted by Gasteiger charge is -2.15. The van der Waals surface area contributed by atoms with Gasteiger partial charge in [-0.2, -0.15) is 0 Å². The number of para-hydroxylation sites is 1. The van der Waals surface area contributed by atoms with Crippen molar-refractivity contribution < 1.29 is 4.79 Å². The number of carbonyl (C=O) groups is 1. The van der Waals surface area contributed by atoms with E-state index in [9.17, 15) is 4.79 Å². The molecule has 2 amide bonds. The van der Waals surface area contributed by atoms with E-state index in [1.807, 2.05) is 62.6 Å². The second-order valence-corrected chi connectivity index (χ2v) is 5.18. The summed E-state index contributed by atoms with van der Waals surface area (Å²) in [7, 11) is 4.07. The molecule has 2 aromatic carbocycles. The van der Waals surface area contributed by atoms with E-state index in [1.54, 1.807) is 0 Å². The molecule has 2 N–H and O–H groups in total. The molecule has 0 heterocycles. The Morgan fingerprint density at radius 1 is 0.952 bits per heavy atom. The Kier molecular flexibility index (Phi) is 5.35. The van der Waals surface area contributed by atoms with Crippen LogP contribution in [0.5, 0.6) is 0 Å². The van der Waals surface area contributed by atoms with Crippen LogP contribution >= 0.6 is 0 Å². The van der Waals surface area contributed by atoms with Crippen LogP contribution in [-0.2, 0) is 13.1 Å². The molecular formula is C17H21N3O. The van der Waals surface area contributed by atoms with E-state index in [-0.39, 0.29) is 6.03 Å². The highest BCUT2D eigenvalue weighted by atomic mass is 16.2. The van der Waals surface area contributed by atoms with E-state index < -0.39 is 0 Å². The summed E-state index contributed by atoms with van der Waals surface area (Å²) in [5.74, 6) is 0. The number of urea groups is 1. The second kappa shape index (κ2) is 7.45. The first-order valence-electron chi connectivity index (χ1n) is 6.96. The summed E-state index contributed by atoms with van der Waals surface area (Å²) in [4.78, 5) is 14.0. The maximum Gasteiger partial charge on any atom is 0.319 e. The van der Waals surface area contributed by atoms with Gasteiger partial charge in [0, 0.05) is 18.8 Å². The van der Waals surface area contributed by atoms with Gasteiger partial charge in [0.05, 0.1) is 0 Å². The average Bonchev–Trinajstić information content (AvgIpc) is 2.47. The Morgan fingerprint density at radius 2 is 1.57 bits per heavy atom. The van der Waals surface area contributed by atoms with Crippen LogP contribution in [0.2, 0.25) is 0 Å². The van der Waals surface area contributed by atoms with Crippen molar-refractivity contribution in [3.63, 3.8) is 0 Å². The molecule has 0 aliphatic rings. The molecule has 0 radical (unpaired) electrons. The van der Waals surface area contributed by atoms with Gasteiger partial charge in [0.1, 0.15) is 0 Å². The summed E-state index contributed by atoms with van der Waals surface area (Å²) >= 11 is 0. The number of amides is 2. The van der Waals surface area contributed by atoms with Gasteiger partial charge in [-0.15, -0.1) is 0 Å². The van der Waals surface area contributed by atoms with Gasteiger partial charge in [0.25, 0.3) is 0 Å². The van der Waals surface area contributed by atoms with Crippen LogP contribution < -0.4 is 10.6 Å². The zero-order chi connectivity index (χ0) is 15.1. The molecule has 2 rings (SSSR count). The molecule has 110 valence electrons. The van der Waals surface area contributed by atoms with Crippen LogP contribution in [0.1, 0.15) is 11.1 Å². The van der Waals surface area contributed by atoms with Crippen LogP contribution in [0, 0.1) is 0 Å². The van der Waals surface area contributed by atoms with Gasteiger partial charge in [-0.25, -0.2) is 4.79 Å². The zero-order valence-electron chi connectivity index (χ0n) is 12.5. The summed E-state index contributed by atoms with van der Waals surface area (Å²) in [6.45, 7) is 1.38. The van der Waals surface area contributed by atoms with E-state index in [1.165, 1.54) is 5.56 Å². The van der Waals surface area contributed by atoms with Gasteiger partial charge >= 0.3 is 6.03 Å². The number of nitrogens with zero attached hydrogens (tertiary/aromatic N) is 1. The molecule has 2 aromatic rings. The minimum absolute atomic E-state index is 0.194. The highest BCUT2D eigenvalue weighted by molar-refractivity contribution is 5.89. The smallest absolute Gasteiger partial charge is 0.319 e. The van der Waals surface area contributed by atoms with Crippen LogP contribution in [0.15, 0.2) is 54.6 Å². The summed E-state index contributed by atoms with van der Waals surface area (Å²) in [6.07, 6.45) is 0. The molecule has 0 saturated carbocycles. The standard InChI is InChI=1S/C17H21N3O/c1-20(2)13-15-9-7-6-8-14(15)12-18-17(21)19-16-10-4-3-5-11-16/h3-11H,12-13H2,1-2H3,(H2,18,19,21). The van der Waals surface area contributed by atoms with Crippen LogP contribution in [-0.4, -0.2) is 25.0 Å². The largest absolute Gasteiger partial charge is 0.334 e. The number of nitrogens with one attached hydrogen (secondary N) is 2. The minimum Gasteiger partial charge on any atom is -0.334 e. The first kappa shape index (κ1) is 15.1. The predicted molar refractivity (Wildman–Crippen MR) is 86.1 cm³/mol. The number of anilines is 1. The first-order valence-corrected chi connectivity index (χ1v) is 6.96. The van der Waals surface area contributed by atoms with Gasteiger partial charge in [0.15, 0.2) is 0 Å². The lowest BCUT2D eigenvalue weighted by Crippen LogP contribution is -2.28. The fraction of sp³-hybridized carbons (Fsp3) is 0.235. The molecule has 21 heavy (non-hydrogen) atoms.